The zero-order valence-corrected chi connectivity index (χ0v) is 12.2. The van der Waals surface area contributed by atoms with Crippen LogP contribution in [-0.2, 0) is 0 Å². The molecule has 0 amide bonds. The second kappa shape index (κ2) is 4.12. The van der Waals surface area contributed by atoms with Gasteiger partial charge in [0.1, 0.15) is 17.1 Å². The number of hydrogen-bond acceptors (Lipinski definition) is 3. The molecule has 1 aliphatic carbocycles. The number of fused-ring (bicyclic) bond motifs is 4. The average Bonchev–Trinajstić information content (AvgIpc) is 2.25. The summed E-state index contributed by atoms with van der Waals surface area (Å²) in [5.74, 6) is 2.83. The van der Waals surface area contributed by atoms with Crippen molar-refractivity contribution in [3.8, 4) is 5.75 Å². The molecule has 104 valence electrons. The highest BCUT2D eigenvalue weighted by Gasteiger charge is 2.47. The Kier molecular flexibility index (Phi) is 2.77. The predicted molar refractivity (Wildman–Crippen MR) is 73.7 cm³/mol. The summed E-state index contributed by atoms with van der Waals surface area (Å²) in [6.45, 7) is 8.47. The summed E-state index contributed by atoms with van der Waals surface area (Å²) in [6.07, 6.45) is 3.15. The van der Waals surface area contributed by atoms with Gasteiger partial charge < -0.3 is 9.15 Å². The summed E-state index contributed by atoms with van der Waals surface area (Å²) >= 11 is 0. The van der Waals surface area contributed by atoms with Crippen LogP contribution in [0.5, 0.6) is 5.75 Å². The second-order valence-corrected chi connectivity index (χ2v) is 6.73. The van der Waals surface area contributed by atoms with Crippen LogP contribution >= 0.6 is 0 Å². The summed E-state index contributed by atoms with van der Waals surface area (Å²) in [7, 11) is 0. The summed E-state index contributed by atoms with van der Waals surface area (Å²) in [5.41, 5.74) is 0.472. The van der Waals surface area contributed by atoms with E-state index in [9.17, 15) is 4.79 Å². The van der Waals surface area contributed by atoms with Crippen LogP contribution in [-0.4, -0.2) is 5.60 Å². The van der Waals surface area contributed by atoms with Gasteiger partial charge >= 0.3 is 5.63 Å². The minimum atomic E-state index is -0.199. The lowest BCUT2D eigenvalue weighted by molar-refractivity contribution is -0.00990. The number of rotatable bonds is 1. The van der Waals surface area contributed by atoms with Gasteiger partial charge in [-0.3, -0.25) is 0 Å². The first-order valence-corrected chi connectivity index (χ1v) is 7.23. The predicted octanol–water partition coefficient (Wildman–Crippen LogP) is 3.64. The van der Waals surface area contributed by atoms with E-state index in [0.717, 1.165) is 30.6 Å². The summed E-state index contributed by atoms with van der Waals surface area (Å²) in [5, 5.41) is 0. The Balaban J connectivity index is 2.15. The fraction of sp³-hybridized carbons (Fsp3) is 0.688. The van der Waals surface area contributed by atoms with E-state index in [1.165, 1.54) is 0 Å². The van der Waals surface area contributed by atoms with E-state index in [4.69, 9.17) is 9.15 Å². The quantitative estimate of drug-likeness (QED) is 0.775. The van der Waals surface area contributed by atoms with Gasteiger partial charge in [0.25, 0.3) is 0 Å². The van der Waals surface area contributed by atoms with Gasteiger partial charge in [-0.1, -0.05) is 13.8 Å². The molecule has 0 spiro atoms. The Morgan fingerprint density at radius 3 is 2.84 bits per heavy atom. The fourth-order valence-corrected chi connectivity index (χ4v) is 3.88. The van der Waals surface area contributed by atoms with E-state index in [1.807, 2.05) is 6.07 Å². The highest BCUT2D eigenvalue weighted by atomic mass is 16.5. The molecule has 2 aliphatic rings. The van der Waals surface area contributed by atoms with Crippen molar-refractivity contribution in [2.45, 2.75) is 58.5 Å². The van der Waals surface area contributed by atoms with Crippen molar-refractivity contribution in [1.29, 1.82) is 0 Å². The summed E-state index contributed by atoms with van der Waals surface area (Å²) in [6, 6.07) is 1.88. The van der Waals surface area contributed by atoms with Crippen LogP contribution in [0.15, 0.2) is 15.3 Å². The molecule has 3 nitrogen and oxygen atoms in total. The molecule has 3 atom stereocenters. The Morgan fingerprint density at radius 2 is 2.16 bits per heavy atom. The standard InChI is InChI=1S/C16H22O3/c1-9(2)11-5-6-16(4)8-12(11)14-13(19-16)7-10(3)18-15(14)17/h7,9,11-12H,5-6,8H2,1-4H3/t11-,12-,16-/m0/s1. The first-order valence-electron chi connectivity index (χ1n) is 7.23. The molecule has 0 radical (unpaired) electrons. The molecule has 2 heterocycles. The van der Waals surface area contributed by atoms with Gasteiger partial charge in [0.05, 0.1) is 5.56 Å². The minimum absolute atomic E-state index is 0.108. The van der Waals surface area contributed by atoms with E-state index < -0.39 is 0 Å². The van der Waals surface area contributed by atoms with Crippen molar-refractivity contribution in [3.63, 3.8) is 0 Å². The van der Waals surface area contributed by atoms with E-state index in [2.05, 4.69) is 20.8 Å². The van der Waals surface area contributed by atoms with Crippen molar-refractivity contribution in [2.75, 3.05) is 0 Å². The Hall–Kier alpha value is -1.25. The van der Waals surface area contributed by atoms with Gasteiger partial charge in [-0.05, 0) is 44.9 Å². The topological polar surface area (TPSA) is 39.4 Å². The normalized spacial score (nSPS) is 32.9. The highest BCUT2D eigenvalue weighted by molar-refractivity contribution is 5.38. The van der Waals surface area contributed by atoms with Crippen LogP contribution in [0.25, 0.3) is 0 Å². The molecule has 2 bridgehead atoms. The largest absolute Gasteiger partial charge is 0.487 e. The Morgan fingerprint density at radius 1 is 1.42 bits per heavy atom. The van der Waals surface area contributed by atoms with Crippen molar-refractivity contribution in [2.24, 2.45) is 11.8 Å². The van der Waals surface area contributed by atoms with Gasteiger partial charge in [-0.15, -0.1) is 0 Å². The van der Waals surface area contributed by atoms with Gasteiger partial charge in [0, 0.05) is 12.0 Å². The Bertz CT molecular complexity index is 558. The SMILES string of the molecule is Cc1cc2c(c(=O)o1)[C@H]1C[C@](C)(CC[C@H]1C(C)C)O2. The van der Waals surface area contributed by atoms with Crippen LogP contribution < -0.4 is 10.4 Å². The fourth-order valence-electron chi connectivity index (χ4n) is 3.88. The van der Waals surface area contributed by atoms with Gasteiger partial charge in [-0.2, -0.15) is 0 Å². The average molecular weight is 262 g/mol. The van der Waals surface area contributed by atoms with Gasteiger partial charge in [0.2, 0.25) is 0 Å². The molecule has 1 saturated carbocycles. The lowest BCUT2D eigenvalue weighted by Crippen LogP contribution is -2.46. The van der Waals surface area contributed by atoms with Crippen molar-refractivity contribution in [3.05, 3.63) is 27.8 Å². The monoisotopic (exact) mass is 262 g/mol. The third kappa shape index (κ3) is 1.99. The van der Waals surface area contributed by atoms with Crippen molar-refractivity contribution in [1.82, 2.24) is 0 Å². The summed E-state index contributed by atoms with van der Waals surface area (Å²) < 4.78 is 11.4. The molecule has 0 unspecified atom stereocenters. The first kappa shape index (κ1) is 12.8. The molecule has 0 N–H and O–H groups in total. The van der Waals surface area contributed by atoms with E-state index in [0.29, 0.717) is 23.5 Å². The molecule has 1 aromatic rings. The molecular weight excluding hydrogens is 240 g/mol. The van der Waals surface area contributed by atoms with Crippen LogP contribution in [0.2, 0.25) is 0 Å². The van der Waals surface area contributed by atoms with E-state index >= 15 is 0 Å². The third-order valence-electron chi connectivity index (χ3n) is 4.83. The van der Waals surface area contributed by atoms with Crippen LogP contribution in [0.1, 0.15) is 57.3 Å². The van der Waals surface area contributed by atoms with Crippen LogP contribution in [0.4, 0.5) is 0 Å². The summed E-state index contributed by atoms with van der Waals surface area (Å²) in [4.78, 5) is 12.2. The second-order valence-electron chi connectivity index (χ2n) is 6.73. The lowest BCUT2D eigenvalue weighted by atomic mass is 9.64. The Labute approximate surface area is 114 Å². The number of aryl methyl sites for hydroxylation is 1. The molecule has 1 fully saturated rings. The lowest BCUT2D eigenvalue weighted by Gasteiger charge is -2.48. The maximum Gasteiger partial charge on any atom is 0.343 e. The molecule has 1 aliphatic heterocycles. The molecule has 0 aromatic carbocycles. The number of hydrogen-bond donors (Lipinski definition) is 0. The van der Waals surface area contributed by atoms with Crippen molar-refractivity contribution < 1.29 is 9.15 Å². The van der Waals surface area contributed by atoms with Crippen molar-refractivity contribution >= 4 is 0 Å². The number of ether oxygens (including phenoxy) is 1. The molecule has 0 saturated heterocycles. The van der Waals surface area contributed by atoms with Crippen LogP contribution in [0, 0.1) is 18.8 Å². The molecule has 1 aromatic heterocycles. The maximum atomic E-state index is 12.2. The molecule has 3 rings (SSSR count). The maximum absolute atomic E-state index is 12.2. The van der Waals surface area contributed by atoms with Gasteiger partial charge in [-0.25, -0.2) is 4.79 Å². The van der Waals surface area contributed by atoms with Gasteiger partial charge in [0.15, 0.2) is 0 Å². The molecular formula is C16H22O3. The first-order chi connectivity index (χ1) is 8.89. The minimum Gasteiger partial charge on any atom is -0.487 e. The third-order valence-corrected chi connectivity index (χ3v) is 4.83. The molecule has 3 heteroatoms. The zero-order chi connectivity index (χ0) is 13.8. The smallest absolute Gasteiger partial charge is 0.343 e. The van der Waals surface area contributed by atoms with E-state index in [1.54, 1.807) is 6.92 Å². The van der Waals surface area contributed by atoms with Crippen LogP contribution in [0.3, 0.4) is 0 Å². The highest BCUT2D eigenvalue weighted by Crippen LogP contribution is 2.52. The zero-order valence-electron chi connectivity index (χ0n) is 12.2. The molecule has 19 heavy (non-hydrogen) atoms. The van der Waals surface area contributed by atoms with E-state index in [-0.39, 0.29) is 11.2 Å².